The van der Waals surface area contributed by atoms with Crippen LogP contribution in [0.5, 0.6) is 5.75 Å². The first-order chi connectivity index (χ1) is 8.65. The summed E-state index contributed by atoms with van der Waals surface area (Å²) in [5, 5.41) is 5.25. The predicted molar refractivity (Wildman–Crippen MR) is 66.6 cm³/mol. The average Bonchev–Trinajstić information content (AvgIpc) is 3.11. The molecule has 96 valence electrons. The zero-order chi connectivity index (χ0) is 13.0. The zero-order valence-corrected chi connectivity index (χ0v) is 10.4. The van der Waals surface area contributed by atoms with Gasteiger partial charge >= 0.3 is 6.03 Å². The molecule has 0 aromatic heterocycles. The molecule has 1 saturated carbocycles. The van der Waals surface area contributed by atoms with Crippen molar-refractivity contribution in [1.29, 1.82) is 0 Å². The Morgan fingerprint density at radius 2 is 2.06 bits per heavy atom. The van der Waals surface area contributed by atoms with Crippen LogP contribution in [0.15, 0.2) is 24.3 Å². The standard InChI is InChI=1S/C12H13ClN2O3/c13-9-3-1-2-4-10(9)18-7-11(16)15-12(17)14-8-5-6-8/h1-4,8H,5-7H2,(H2,14,15,16,17). The van der Waals surface area contributed by atoms with Gasteiger partial charge in [-0.25, -0.2) is 4.79 Å². The molecule has 0 unspecified atom stereocenters. The van der Waals surface area contributed by atoms with Crippen molar-refractivity contribution in [3.63, 3.8) is 0 Å². The molecule has 0 bridgehead atoms. The lowest BCUT2D eigenvalue weighted by Gasteiger charge is -2.08. The summed E-state index contributed by atoms with van der Waals surface area (Å²) in [5.41, 5.74) is 0. The fourth-order valence-electron chi connectivity index (χ4n) is 1.32. The molecule has 1 aliphatic rings. The van der Waals surface area contributed by atoms with E-state index >= 15 is 0 Å². The number of hydrogen-bond acceptors (Lipinski definition) is 3. The van der Waals surface area contributed by atoms with Crippen LogP contribution in [0.25, 0.3) is 0 Å². The Labute approximate surface area is 109 Å². The van der Waals surface area contributed by atoms with Gasteiger partial charge in [-0.05, 0) is 25.0 Å². The molecule has 1 aromatic rings. The third-order valence-corrected chi connectivity index (χ3v) is 2.67. The van der Waals surface area contributed by atoms with Gasteiger partial charge in [0.25, 0.3) is 5.91 Å². The normalized spacial score (nSPS) is 13.8. The lowest BCUT2D eigenvalue weighted by molar-refractivity contribution is -0.122. The summed E-state index contributed by atoms with van der Waals surface area (Å²) in [6, 6.07) is 6.55. The number of urea groups is 1. The molecular formula is C12H13ClN2O3. The van der Waals surface area contributed by atoms with E-state index in [1.165, 1.54) is 0 Å². The van der Waals surface area contributed by atoms with Gasteiger partial charge in [0, 0.05) is 6.04 Å². The molecule has 18 heavy (non-hydrogen) atoms. The molecule has 1 fully saturated rings. The fourth-order valence-corrected chi connectivity index (χ4v) is 1.51. The molecule has 0 atom stereocenters. The van der Waals surface area contributed by atoms with Crippen molar-refractivity contribution in [2.75, 3.05) is 6.61 Å². The lowest BCUT2D eigenvalue weighted by Crippen LogP contribution is -2.42. The molecule has 5 nitrogen and oxygen atoms in total. The van der Waals surface area contributed by atoms with Gasteiger partial charge in [0.05, 0.1) is 5.02 Å². The molecule has 0 radical (unpaired) electrons. The Morgan fingerprint density at radius 1 is 1.33 bits per heavy atom. The van der Waals surface area contributed by atoms with Crippen LogP contribution in [0.1, 0.15) is 12.8 Å². The number of ether oxygens (including phenoxy) is 1. The molecule has 1 aliphatic carbocycles. The molecule has 2 N–H and O–H groups in total. The number of amides is 3. The number of halogens is 1. The highest BCUT2D eigenvalue weighted by atomic mass is 35.5. The Kier molecular flexibility index (Phi) is 4.04. The summed E-state index contributed by atoms with van der Waals surface area (Å²) in [6.45, 7) is -0.248. The number of para-hydroxylation sites is 1. The van der Waals surface area contributed by atoms with Crippen molar-refractivity contribution in [2.45, 2.75) is 18.9 Å². The second-order valence-electron chi connectivity index (χ2n) is 4.02. The van der Waals surface area contributed by atoms with E-state index in [0.29, 0.717) is 10.8 Å². The lowest BCUT2D eigenvalue weighted by atomic mass is 10.3. The van der Waals surface area contributed by atoms with Crippen molar-refractivity contribution in [3.05, 3.63) is 29.3 Å². The number of carbonyl (C=O) groups excluding carboxylic acids is 2. The first-order valence-corrected chi connectivity index (χ1v) is 6.00. The minimum Gasteiger partial charge on any atom is -0.482 e. The maximum Gasteiger partial charge on any atom is 0.321 e. The van der Waals surface area contributed by atoms with E-state index in [4.69, 9.17) is 16.3 Å². The summed E-state index contributed by atoms with van der Waals surface area (Å²) in [6.07, 6.45) is 1.94. The smallest absolute Gasteiger partial charge is 0.321 e. The largest absolute Gasteiger partial charge is 0.482 e. The van der Waals surface area contributed by atoms with Crippen LogP contribution in [0.2, 0.25) is 5.02 Å². The maximum atomic E-state index is 11.4. The van der Waals surface area contributed by atoms with E-state index in [-0.39, 0.29) is 12.6 Å². The van der Waals surface area contributed by atoms with E-state index in [1.807, 2.05) is 0 Å². The van der Waals surface area contributed by atoms with Crippen LogP contribution in [-0.4, -0.2) is 24.6 Å². The Hall–Kier alpha value is -1.75. The van der Waals surface area contributed by atoms with Crippen molar-refractivity contribution in [1.82, 2.24) is 10.6 Å². The third kappa shape index (κ3) is 3.92. The average molecular weight is 269 g/mol. The van der Waals surface area contributed by atoms with Crippen LogP contribution in [-0.2, 0) is 4.79 Å². The first-order valence-electron chi connectivity index (χ1n) is 5.63. The van der Waals surface area contributed by atoms with Crippen molar-refractivity contribution in [2.24, 2.45) is 0 Å². The van der Waals surface area contributed by atoms with Crippen LogP contribution >= 0.6 is 11.6 Å². The Bertz CT molecular complexity index is 460. The molecule has 0 spiro atoms. The van der Waals surface area contributed by atoms with Gasteiger partial charge in [0.15, 0.2) is 6.61 Å². The number of benzene rings is 1. The van der Waals surface area contributed by atoms with Crippen LogP contribution in [0.3, 0.4) is 0 Å². The number of hydrogen-bond donors (Lipinski definition) is 2. The molecular weight excluding hydrogens is 256 g/mol. The highest BCUT2D eigenvalue weighted by Crippen LogP contribution is 2.22. The van der Waals surface area contributed by atoms with Crippen molar-refractivity contribution < 1.29 is 14.3 Å². The van der Waals surface area contributed by atoms with Crippen molar-refractivity contribution >= 4 is 23.5 Å². The number of carbonyl (C=O) groups is 2. The summed E-state index contributed by atoms with van der Waals surface area (Å²) in [4.78, 5) is 22.7. The monoisotopic (exact) mass is 268 g/mol. The molecule has 1 aromatic carbocycles. The van der Waals surface area contributed by atoms with E-state index in [9.17, 15) is 9.59 Å². The molecule has 2 rings (SSSR count). The van der Waals surface area contributed by atoms with Gasteiger partial charge in [-0.2, -0.15) is 0 Å². The number of rotatable bonds is 4. The van der Waals surface area contributed by atoms with E-state index in [0.717, 1.165) is 12.8 Å². The fraction of sp³-hybridized carbons (Fsp3) is 0.333. The summed E-state index contributed by atoms with van der Waals surface area (Å²) in [5.74, 6) is -0.0926. The Morgan fingerprint density at radius 3 is 2.72 bits per heavy atom. The van der Waals surface area contributed by atoms with Crippen molar-refractivity contribution in [3.8, 4) is 5.75 Å². The van der Waals surface area contributed by atoms with Gasteiger partial charge in [0.2, 0.25) is 0 Å². The second-order valence-corrected chi connectivity index (χ2v) is 4.42. The Balaban J connectivity index is 1.74. The molecule has 0 heterocycles. The quantitative estimate of drug-likeness (QED) is 0.873. The minimum absolute atomic E-state index is 0.210. The van der Waals surface area contributed by atoms with Crippen LogP contribution < -0.4 is 15.4 Å². The SMILES string of the molecule is O=C(COc1ccccc1Cl)NC(=O)NC1CC1. The molecule has 0 saturated heterocycles. The van der Waals surface area contributed by atoms with E-state index in [1.54, 1.807) is 24.3 Å². The highest BCUT2D eigenvalue weighted by Gasteiger charge is 2.23. The topological polar surface area (TPSA) is 67.4 Å². The van der Waals surface area contributed by atoms with Gasteiger partial charge in [-0.1, -0.05) is 23.7 Å². The molecule has 3 amide bonds. The van der Waals surface area contributed by atoms with Crippen LogP contribution in [0.4, 0.5) is 4.79 Å². The third-order valence-electron chi connectivity index (χ3n) is 2.36. The molecule has 0 aliphatic heterocycles. The first kappa shape index (κ1) is 12.7. The number of imide groups is 1. The maximum absolute atomic E-state index is 11.4. The highest BCUT2D eigenvalue weighted by molar-refractivity contribution is 6.32. The summed E-state index contributed by atoms with van der Waals surface area (Å²) in [7, 11) is 0. The molecule has 6 heteroatoms. The zero-order valence-electron chi connectivity index (χ0n) is 9.61. The van der Waals surface area contributed by atoms with E-state index in [2.05, 4.69) is 10.6 Å². The van der Waals surface area contributed by atoms with Gasteiger partial charge in [-0.15, -0.1) is 0 Å². The van der Waals surface area contributed by atoms with Gasteiger partial charge in [-0.3, -0.25) is 10.1 Å². The number of nitrogens with one attached hydrogen (secondary N) is 2. The summed E-state index contributed by atoms with van der Waals surface area (Å²) >= 11 is 5.85. The van der Waals surface area contributed by atoms with Crippen LogP contribution in [0, 0.1) is 0 Å². The summed E-state index contributed by atoms with van der Waals surface area (Å²) < 4.78 is 5.20. The predicted octanol–water partition coefficient (Wildman–Crippen LogP) is 1.71. The van der Waals surface area contributed by atoms with Gasteiger partial charge < -0.3 is 10.1 Å². The van der Waals surface area contributed by atoms with Gasteiger partial charge in [0.1, 0.15) is 5.75 Å². The van der Waals surface area contributed by atoms with E-state index < -0.39 is 11.9 Å². The second kappa shape index (κ2) is 5.73. The minimum atomic E-state index is -0.506.